The SMILES string of the molecule is O=C[C@H](CCN1CCOC1=O)NC(=O)OCc1ccccc1. The molecule has 1 aliphatic heterocycles. The molecule has 1 heterocycles. The number of rotatable bonds is 7. The van der Waals surface area contributed by atoms with Crippen molar-refractivity contribution in [2.75, 3.05) is 19.7 Å². The standard InChI is InChI=1S/C15H18N2O5/c18-10-13(6-7-17-8-9-21-15(17)20)16-14(19)22-11-12-4-2-1-3-5-12/h1-5,10,13H,6-9,11H2,(H,16,19)/t13-/m0/s1. The largest absolute Gasteiger partial charge is 0.448 e. The Morgan fingerprint density at radius 3 is 2.82 bits per heavy atom. The van der Waals surface area contributed by atoms with Crippen molar-refractivity contribution in [1.82, 2.24) is 10.2 Å². The predicted octanol–water partition coefficient (Wildman–Crippen LogP) is 1.32. The highest BCUT2D eigenvalue weighted by atomic mass is 16.6. The maximum atomic E-state index is 11.6. The Morgan fingerprint density at radius 1 is 1.41 bits per heavy atom. The maximum absolute atomic E-state index is 11.6. The molecule has 1 aliphatic rings. The summed E-state index contributed by atoms with van der Waals surface area (Å²) in [6, 6.07) is 8.54. The Hall–Kier alpha value is -2.57. The summed E-state index contributed by atoms with van der Waals surface area (Å²) in [7, 11) is 0. The summed E-state index contributed by atoms with van der Waals surface area (Å²) in [5.74, 6) is 0. The van der Waals surface area contributed by atoms with Gasteiger partial charge in [0.2, 0.25) is 0 Å². The van der Waals surface area contributed by atoms with Crippen LogP contribution >= 0.6 is 0 Å². The number of nitrogens with one attached hydrogen (secondary N) is 1. The first-order valence-corrected chi connectivity index (χ1v) is 7.03. The smallest absolute Gasteiger partial charge is 0.409 e. The van der Waals surface area contributed by atoms with Gasteiger partial charge in [-0.3, -0.25) is 0 Å². The molecule has 0 unspecified atom stereocenters. The van der Waals surface area contributed by atoms with Crippen LogP contribution in [0.15, 0.2) is 30.3 Å². The topological polar surface area (TPSA) is 84.9 Å². The third-order valence-electron chi connectivity index (χ3n) is 3.24. The van der Waals surface area contributed by atoms with Gasteiger partial charge in [0.05, 0.1) is 12.6 Å². The van der Waals surface area contributed by atoms with Crippen LogP contribution in [0, 0.1) is 0 Å². The van der Waals surface area contributed by atoms with Crippen LogP contribution in [0.2, 0.25) is 0 Å². The molecule has 0 radical (unpaired) electrons. The fraction of sp³-hybridized carbons (Fsp3) is 0.400. The average Bonchev–Trinajstić information content (AvgIpc) is 2.95. The molecule has 1 aromatic rings. The molecule has 1 fully saturated rings. The van der Waals surface area contributed by atoms with Crippen LogP contribution in [0.4, 0.5) is 9.59 Å². The summed E-state index contributed by atoms with van der Waals surface area (Å²) < 4.78 is 9.83. The number of benzene rings is 1. The molecule has 0 saturated carbocycles. The van der Waals surface area contributed by atoms with E-state index < -0.39 is 18.2 Å². The quantitative estimate of drug-likeness (QED) is 0.768. The van der Waals surface area contributed by atoms with E-state index in [1.807, 2.05) is 30.3 Å². The number of hydrogen-bond acceptors (Lipinski definition) is 5. The van der Waals surface area contributed by atoms with Crippen molar-refractivity contribution in [2.24, 2.45) is 0 Å². The molecule has 0 aliphatic carbocycles. The number of alkyl carbamates (subject to hydrolysis) is 1. The van der Waals surface area contributed by atoms with Crippen molar-refractivity contribution in [3.63, 3.8) is 0 Å². The number of amides is 2. The summed E-state index contributed by atoms with van der Waals surface area (Å²) in [6.07, 6.45) is -0.106. The Labute approximate surface area is 128 Å². The minimum Gasteiger partial charge on any atom is -0.448 e. The molecule has 7 nitrogen and oxygen atoms in total. The van der Waals surface area contributed by atoms with Gasteiger partial charge in [-0.15, -0.1) is 0 Å². The van der Waals surface area contributed by atoms with Gasteiger partial charge in [0, 0.05) is 6.54 Å². The summed E-state index contributed by atoms with van der Waals surface area (Å²) in [6.45, 7) is 1.35. The van der Waals surface area contributed by atoms with Crippen LogP contribution in [0.3, 0.4) is 0 Å². The highest BCUT2D eigenvalue weighted by Gasteiger charge is 2.23. The second-order valence-electron chi connectivity index (χ2n) is 4.84. The number of carbonyl (C=O) groups excluding carboxylic acids is 3. The third-order valence-corrected chi connectivity index (χ3v) is 3.24. The van der Waals surface area contributed by atoms with E-state index in [2.05, 4.69) is 5.32 Å². The van der Waals surface area contributed by atoms with E-state index in [9.17, 15) is 14.4 Å². The van der Waals surface area contributed by atoms with Gasteiger partial charge in [0.15, 0.2) is 0 Å². The normalized spacial score (nSPS) is 15.1. The molecule has 2 rings (SSSR count). The van der Waals surface area contributed by atoms with Crippen molar-refractivity contribution < 1.29 is 23.9 Å². The molecule has 1 saturated heterocycles. The number of ether oxygens (including phenoxy) is 2. The number of aldehydes is 1. The van der Waals surface area contributed by atoms with Crippen LogP contribution < -0.4 is 5.32 Å². The van der Waals surface area contributed by atoms with Gasteiger partial charge in [-0.05, 0) is 12.0 Å². The Bertz CT molecular complexity index is 520. The van der Waals surface area contributed by atoms with Gasteiger partial charge in [-0.1, -0.05) is 30.3 Å². The number of carbonyl (C=O) groups is 3. The van der Waals surface area contributed by atoms with Crippen LogP contribution in [-0.2, 0) is 20.9 Å². The van der Waals surface area contributed by atoms with Crippen molar-refractivity contribution in [3.8, 4) is 0 Å². The number of nitrogens with zero attached hydrogens (tertiary/aromatic N) is 1. The molecule has 7 heteroatoms. The van der Waals surface area contributed by atoms with E-state index in [-0.39, 0.29) is 6.61 Å². The zero-order valence-electron chi connectivity index (χ0n) is 12.1. The van der Waals surface area contributed by atoms with Crippen LogP contribution in [0.5, 0.6) is 0 Å². The minimum atomic E-state index is -0.698. The average molecular weight is 306 g/mol. The van der Waals surface area contributed by atoms with Gasteiger partial charge in [0.25, 0.3) is 0 Å². The van der Waals surface area contributed by atoms with Gasteiger partial charge in [-0.25, -0.2) is 9.59 Å². The second kappa shape index (κ2) is 8.02. The highest BCUT2D eigenvalue weighted by Crippen LogP contribution is 2.05. The van der Waals surface area contributed by atoms with Crippen molar-refractivity contribution in [1.29, 1.82) is 0 Å². The molecule has 0 bridgehead atoms. The monoisotopic (exact) mass is 306 g/mol. The predicted molar refractivity (Wildman–Crippen MR) is 77.2 cm³/mol. The van der Waals surface area contributed by atoms with Crippen molar-refractivity contribution in [2.45, 2.75) is 19.1 Å². The molecule has 1 aromatic carbocycles. The second-order valence-corrected chi connectivity index (χ2v) is 4.84. The lowest BCUT2D eigenvalue weighted by atomic mass is 10.2. The zero-order valence-corrected chi connectivity index (χ0v) is 12.1. The molecular weight excluding hydrogens is 288 g/mol. The Balaban J connectivity index is 1.71. The van der Waals surface area contributed by atoms with E-state index >= 15 is 0 Å². The fourth-order valence-electron chi connectivity index (χ4n) is 2.01. The molecule has 1 N–H and O–H groups in total. The van der Waals surface area contributed by atoms with E-state index in [4.69, 9.17) is 9.47 Å². The lowest BCUT2D eigenvalue weighted by Gasteiger charge is -2.16. The van der Waals surface area contributed by atoms with E-state index in [0.717, 1.165) is 5.56 Å². The van der Waals surface area contributed by atoms with Gasteiger partial charge in [-0.2, -0.15) is 0 Å². The zero-order chi connectivity index (χ0) is 15.8. The van der Waals surface area contributed by atoms with Crippen molar-refractivity contribution in [3.05, 3.63) is 35.9 Å². The molecule has 22 heavy (non-hydrogen) atoms. The first kappa shape index (κ1) is 15.8. The first-order chi connectivity index (χ1) is 10.7. The number of cyclic esters (lactones) is 1. The van der Waals surface area contributed by atoms with Crippen LogP contribution in [-0.4, -0.2) is 49.1 Å². The first-order valence-electron chi connectivity index (χ1n) is 7.03. The Morgan fingerprint density at radius 2 is 2.18 bits per heavy atom. The highest BCUT2D eigenvalue weighted by molar-refractivity contribution is 5.73. The number of hydrogen-bond donors (Lipinski definition) is 1. The van der Waals surface area contributed by atoms with Gasteiger partial charge >= 0.3 is 12.2 Å². The van der Waals surface area contributed by atoms with E-state index in [1.165, 1.54) is 4.90 Å². The molecule has 0 aromatic heterocycles. The van der Waals surface area contributed by atoms with E-state index in [0.29, 0.717) is 32.4 Å². The lowest BCUT2D eigenvalue weighted by Crippen LogP contribution is -2.39. The molecular formula is C15H18N2O5. The molecule has 118 valence electrons. The lowest BCUT2D eigenvalue weighted by molar-refractivity contribution is -0.109. The maximum Gasteiger partial charge on any atom is 0.409 e. The van der Waals surface area contributed by atoms with E-state index in [1.54, 1.807) is 0 Å². The fourth-order valence-corrected chi connectivity index (χ4v) is 2.01. The summed E-state index contributed by atoms with van der Waals surface area (Å²) >= 11 is 0. The van der Waals surface area contributed by atoms with Gasteiger partial charge in [0.1, 0.15) is 19.5 Å². The minimum absolute atomic E-state index is 0.136. The van der Waals surface area contributed by atoms with Crippen LogP contribution in [0.1, 0.15) is 12.0 Å². The summed E-state index contributed by atoms with van der Waals surface area (Å²) in [5.41, 5.74) is 0.861. The van der Waals surface area contributed by atoms with Gasteiger partial charge < -0.3 is 24.5 Å². The van der Waals surface area contributed by atoms with Crippen LogP contribution in [0.25, 0.3) is 0 Å². The molecule has 2 amide bonds. The molecule has 0 spiro atoms. The molecule has 1 atom stereocenters. The summed E-state index contributed by atoms with van der Waals surface area (Å²) in [5, 5.41) is 2.47. The summed E-state index contributed by atoms with van der Waals surface area (Å²) in [4.78, 5) is 35.4. The van der Waals surface area contributed by atoms with Crippen molar-refractivity contribution >= 4 is 18.5 Å². The third kappa shape index (κ3) is 4.76. The Kier molecular flexibility index (Phi) is 5.76.